The maximum Gasteiger partial charge on any atom is 0.276 e. The molecule has 2 aromatic heterocycles. The number of carbonyl (C=O) groups is 1. The molecule has 0 saturated carbocycles. The number of hydrogen-bond donors (Lipinski definition) is 1. The molecule has 0 unspecified atom stereocenters. The molecule has 6 nitrogen and oxygen atoms in total. The largest absolute Gasteiger partial charge is 0.494 e. The summed E-state index contributed by atoms with van der Waals surface area (Å²) in [4.78, 5) is 30.1. The first-order valence-electron chi connectivity index (χ1n) is 9.40. The average molecular weight is 474 g/mol. The molecule has 10 heteroatoms. The van der Waals surface area contributed by atoms with E-state index in [4.69, 9.17) is 4.74 Å². The summed E-state index contributed by atoms with van der Waals surface area (Å²) in [5.74, 6) is -1.38. The first kappa shape index (κ1) is 22.0. The minimum Gasteiger partial charge on any atom is -0.494 e. The highest BCUT2D eigenvalue weighted by Gasteiger charge is 2.17. The number of thiophene rings is 1. The molecule has 0 aliphatic heterocycles. The zero-order chi connectivity index (χ0) is 22.8. The van der Waals surface area contributed by atoms with Crippen LogP contribution in [0.2, 0.25) is 0 Å². The van der Waals surface area contributed by atoms with Gasteiger partial charge >= 0.3 is 0 Å². The topological polar surface area (TPSA) is 73.2 Å². The lowest BCUT2D eigenvalue weighted by Gasteiger charge is -2.13. The summed E-state index contributed by atoms with van der Waals surface area (Å²) in [7, 11) is 1.35. The molecule has 4 rings (SSSR count). The average Bonchev–Trinajstić information content (AvgIpc) is 3.24. The van der Waals surface area contributed by atoms with Crippen LogP contribution in [0.1, 0.15) is 5.56 Å². The first-order valence-corrected chi connectivity index (χ1v) is 11.3. The van der Waals surface area contributed by atoms with Crippen molar-refractivity contribution >= 4 is 44.9 Å². The van der Waals surface area contributed by atoms with Crippen LogP contribution in [0, 0.1) is 18.6 Å². The molecule has 164 valence electrons. The lowest BCUT2D eigenvalue weighted by atomic mass is 10.2. The molecule has 0 aliphatic carbocycles. The third-order valence-corrected chi connectivity index (χ3v) is 6.45. The van der Waals surface area contributed by atoms with Gasteiger partial charge in [0, 0.05) is 11.8 Å². The summed E-state index contributed by atoms with van der Waals surface area (Å²) < 4.78 is 34.3. The number of thioether (sulfide) groups is 1. The van der Waals surface area contributed by atoms with Crippen LogP contribution in [0.3, 0.4) is 0 Å². The highest BCUT2D eigenvalue weighted by molar-refractivity contribution is 7.99. The van der Waals surface area contributed by atoms with Crippen molar-refractivity contribution in [3.05, 3.63) is 75.4 Å². The molecule has 0 atom stereocenters. The summed E-state index contributed by atoms with van der Waals surface area (Å²) in [6.45, 7) is 1.61. The van der Waals surface area contributed by atoms with Crippen molar-refractivity contribution in [3.63, 3.8) is 0 Å². The fraction of sp³-hybridized carbons (Fsp3) is 0.136. The van der Waals surface area contributed by atoms with E-state index in [9.17, 15) is 18.4 Å². The van der Waals surface area contributed by atoms with Crippen molar-refractivity contribution in [2.45, 2.75) is 12.1 Å². The van der Waals surface area contributed by atoms with Crippen LogP contribution in [0.4, 0.5) is 14.5 Å². The second-order valence-corrected chi connectivity index (χ2v) is 8.65. The van der Waals surface area contributed by atoms with Crippen molar-refractivity contribution in [2.24, 2.45) is 0 Å². The number of methoxy groups -OCH3 is 1. The second kappa shape index (κ2) is 9.09. The van der Waals surface area contributed by atoms with E-state index >= 15 is 0 Å². The lowest BCUT2D eigenvalue weighted by molar-refractivity contribution is -0.113. The molecule has 2 aromatic carbocycles. The van der Waals surface area contributed by atoms with Crippen molar-refractivity contribution in [2.75, 3.05) is 18.2 Å². The molecule has 32 heavy (non-hydrogen) atoms. The highest BCUT2D eigenvalue weighted by atomic mass is 32.2. The standard InChI is InChI=1S/C22H17F2N3O3S2/c1-12-9-14(4-5-15(12)23)27-21(29)20-17(7-8-31-20)26-22(27)32-11-19(28)25-13-3-6-18(30-2)16(24)10-13/h3-10H,11H2,1-2H3,(H,25,28). The van der Waals surface area contributed by atoms with Gasteiger partial charge in [0.25, 0.3) is 5.56 Å². The zero-order valence-corrected chi connectivity index (χ0v) is 18.7. The van der Waals surface area contributed by atoms with Gasteiger partial charge in [-0.3, -0.25) is 14.2 Å². The number of aryl methyl sites for hydroxylation is 1. The van der Waals surface area contributed by atoms with Gasteiger partial charge in [0.1, 0.15) is 10.5 Å². The van der Waals surface area contributed by atoms with Crippen LogP contribution < -0.4 is 15.6 Å². The molecule has 4 aromatic rings. The normalized spacial score (nSPS) is 11.0. The van der Waals surface area contributed by atoms with E-state index in [-0.39, 0.29) is 28.6 Å². The van der Waals surface area contributed by atoms with Gasteiger partial charge in [0.2, 0.25) is 5.91 Å². The maximum absolute atomic E-state index is 13.9. The van der Waals surface area contributed by atoms with Crippen LogP contribution in [-0.4, -0.2) is 28.3 Å². The number of anilines is 1. The Labute approximate surface area is 189 Å². The van der Waals surface area contributed by atoms with Gasteiger partial charge < -0.3 is 10.1 Å². The van der Waals surface area contributed by atoms with Gasteiger partial charge in [-0.2, -0.15) is 0 Å². The molecule has 0 saturated heterocycles. The monoisotopic (exact) mass is 473 g/mol. The van der Waals surface area contributed by atoms with E-state index in [1.165, 1.54) is 47.3 Å². The van der Waals surface area contributed by atoms with E-state index in [1.807, 2.05) is 0 Å². The Bertz CT molecular complexity index is 1380. The number of benzene rings is 2. The zero-order valence-electron chi connectivity index (χ0n) is 17.0. The third-order valence-electron chi connectivity index (χ3n) is 4.62. The van der Waals surface area contributed by atoms with Crippen LogP contribution in [0.5, 0.6) is 5.75 Å². The molecule has 1 amide bonds. The number of aromatic nitrogens is 2. The fourth-order valence-electron chi connectivity index (χ4n) is 3.06. The molecule has 1 N–H and O–H groups in total. The van der Waals surface area contributed by atoms with E-state index in [1.54, 1.807) is 24.4 Å². The van der Waals surface area contributed by atoms with E-state index in [2.05, 4.69) is 10.3 Å². The Morgan fingerprint density at radius 2 is 2.00 bits per heavy atom. The van der Waals surface area contributed by atoms with Crippen molar-refractivity contribution < 1.29 is 18.3 Å². The number of nitrogens with one attached hydrogen (secondary N) is 1. The summed E-state index contributed by atoms with van der Waals surface area (Å²) in [6, 6.07) is 10.2. The number of amides is 1. The van der Waals surface area contributed by atoms with E-state index in [0.29, 0.717) is 26.6 Å². The van der Waals surface area contributed by atoms with Gasteiger partial charge in [-0.1, -0.05) is 11.8 Å². The Kier molecular flexibility index (Phi) is 6.24. The molecule has 0 fully saturated rings. The van der Waals surface area contributed by atoms with Gasteiger partial charge in [0.15, 0.2) is 16.7 Å². The molecule has 0 bridgehead atoms. The SMILES string of the molecule is COc1ccc(NC(=O)CSc2nc3ccsc3c(=O)n2-c2ccc(F)c(C)c2)cc1F. The lowest BCUT2D eigenvalue weighted by Crippen LogP contribution is -2.22. The molecule has 0 aliphatic rings. The predicted octanol–water partition coefficient (Wildman–Crippen LogP) is 4.77. The summed E-state index contributed by atoms with van der Waals surface area (Å²) in [6.07, 6.45) is 0. The molecular formula is C22H17F2N3O3S2. The van der Waals surface area contributed by atoms with Crippen LogP contribution in [0.25, 0.3) is 15.9 Å². The number of halogens is 2. The number of rotatable bonds is 6. The Morgan fingerprint density at radius 1 is 1.19 bits per heavy atom. The Hall–Kier alpha value is -3.24. The second-order valence-electron chi connectivity index (χ2n) is 6.79. The number of hydrogen-bond acceptors (Lipinski definition) is 6. The Balaban J connectivity index is 1.62. The van der Waals surface area contributed by atoms with Crippen molar-refractivity contribution in [3.8, 4) is 11.4 Å². The predicted molar refractivity (Wildman–Crippen MR) is 122 cm³/mol. The molecule has 0 radical (unpaired) electrons. The van der Waals surface area contributed by atoms with E-state index in [0.717, 1.165) is 17.8 Å². The minimum atomic E-state index is -0.594. The van der Waals surface area contributed by atoms with Crippen molar-refractivity contribution in [1.82, 2.24) is 9.55 Å². The minimum absolute atomic E-state index is 0.0734. The van der Waals surface area contributed by atoms with Crippen LogP contribution in [-0.2, 0) is 4.79 Å². The highest BCUT2D eigenvalue weighted by Crippen LogP contribution is 2.25. The number of fused-ring (bicyclic) bond motifs is 1. The maximum atomic E-state index is 13.9. The van der Waals surface area contributed by atoms with Gasteiger partial charge in [0.05, 0.1) is 24.1 Å². The summed E-state index contributed by atoms with van der Waals surface area (Å²) in [5.41, 5.74) is 1.35. The quantitative estimate of drug-likeness (QED) is 0.323. The van der Waals surface area contributed by atoms with Gasteiger partial charge in [-0.05, 0) is 54.3 Å². The summed E-state index contributed by atoms with van der Waals surface area (Å²) >= 11 is 2.32. The number of nitrogens with zero attached hydrogens (tertiary/aromatic N) is 2. The van der Waals surface area contributed by atoms with E-state index < -0.39 is 11.7 Å². The summed E-state index contributed by atoms with van der Waals surface area (Å²) in [5, 5.41) is 4.67. The molecule has 2 heterocycles. The van der Waals surface area contributed by atoms with Crippen LogP contribution >= 0.6 is 23.1 Å². The fourth-order valence-corrected chi connectivity index (χ4v) is 4.63. The van der Waals surface area contributed by atoms with Crippen molar-refractivity contribution in [1.29, 1.82) is 0 Å². The number of ether oxygens (including phenoxy) is 1. The Morgan fingerprint density at radius 3 is 2.72 bits per heavy atom. The first-order chi connectivity index (χ1) is 15.4. The van der Waals surface area contributed by atoms with Gasteiger partial charge in [-0.15, -0.1) is 11.3 Å². The van der Waals surface area contributed by atoms with Gasteiger partial charge in [-0.25, -0.2) is 13.8 Å². The van der Waals surface area contributed by atoms with Crippen LogP contribution in [0.15, 0.2) is 57.8 Å². The smallest absolute Gasteiger partial charge is 0.276 e. The third kappa shape index (κ3) is 4.37. The molecular weight excluding hydrogens is 456 g/mol. The number of carbonyl (C=O) groups excluding carboxylic acids is 1. The molecule has 0 spiro atoms.